The molecule has 4 nitrogen and oxygen atoms in total. The third-order valence-electron chi connectivity index (χ3n) is 3.67. The number of ether oxygens (including phenoxy) is 4. The molecule has 0 aromatic heterocycles. The van der Waals surface area contributed by atoms with E-state index >= 15 is 0 Å². The number of halogens is 4. The Balaban J connectivity index is 2.21. The van der Waals surface area contributed by atoms with E-state index in [1.807, 2.05) is 24.3 Å². The number of hydrogen-bond donors (Lipinski definition) is 0. The Hall–Kier alpha value is -0.960. The maximum absolute atomic E-state index is 5.79. The molecule has 0 bridgehead atoms. The van der Waals surface area contributed by atoms with Gasteiger partial charge in [-0.25, -0.2) is 0 Å². The van der Waals surface area contributed by atoms with Gasteiger partial charge < -0.3 is 18.9 Å². The zero-order valence-corrected chi connectivity index (χ0v) is 22.2. The molecule has 2 atom stereocenters. The van der Waals surface area contributed by atoms with Crippen LogP contribution in [0, 0.1) is 0 Å². The Bertz CT molecular complexity index is 767. The summed E-state index contributed by atoms with van der Waals surface area (Å²) in [6.07, 6.45) is 2.53. The molecule has 0 amide bonds. The molecule has 0 N–H and O–H groups in total. The molecule has 0 saturated carbocycles. The standard InChI is InChI=1S/C21H20Br4O4/c1-5-26-12(3)28-20-16(22)8-14(9-17(20)23)7-15-10-18(24)21(19(25)11-15)29-13(4)27-6-2/h5-6,8-13H,1-2,7H2,3-4H3. The van der Waals surface area contributed by atoms with E-state index in [0.29, 0.717) is 17.9 Å². The quantitative estimate of drug-likeness (QED) is 0.192. The van der Waals surface area contributed by atoms with Crippen LogP contribution in [0.3, 0.4) is 0 Å². The summed E-state index contributed by atoms with van der Waals surface area (Å²) in [4.78, 5) is 0. The van der Waals surface area contributed by atoms with Crippen LogP contribution in [0.4, 0.5) is 0 Å². The normalized spacial score (nSPS) is 12.6. The summed E-state index contributed by atoms with van der Waals surface area (Å²) in [5, 5.41) is 0. The van der Waals surface area contributed by atoms with E-state index in [-0.39, 0.29) is 0 Å². The average Bonchev–Trinajstić information content (AvgIpc) is 2.62. The molecule has 0 aliphatic rings. The highest BCUT2D eigenvalue weighted by Crippen LogP contribution is 2.38. The topological polar surface area (TPSA) is 36.9 Å². The Kier molecular flexibility index (Phi) is 9.59. The Labute approximate surface area is 204 Å². The van der Waals surface area contributed by atoms with Gasteiger partial charge in [-0.05, 0) is 106 Å². The number of rotatable bonds is 10. The first kappa shape index (κ1) is 24.3. The molecule has 2 unspecified atom stereocenters. The molecular formula is C21H20Br4O4. The van der Waals surface area contributed by atoms with Crippen LogP contribution in [0.1, 0.15) is 25.0 Å². The molecule has 0 radical (unpaired) electrons. The lowest BCUT2D eigenvalue weighted by Crippen LogP contribution is -2.14. The van der Waals surface area contributed by atoms with E-state index in [4.69, 9.17) is 18.9 Å². The van der Waals surface area contributed by atoms with Crippen molar-refractivity contribution >= 4 is 63.7 Å². The van der Waals surface area contributed by atoms with E-state index in [2.05, 4.69) is 76.9 Å². The monoisotopic (exact) mass is 652 g/mol. The molecule has 0 fully saturated rings. The smallest absolute Gasteiger partial charge is 0.237 e. The molecule has 8 heteroatoms. The van der Waals surface area contributed by atoms with Crippen molar-refractivity contribution in [1.82, 2.24) is 0 Å². The van der Waals surface area contributed by atoms with Crippen molar-refractivity contribution in [2.45, 2.75) is 32.8 Å². The van der Waals surface area contributed by atoms with Crippen molar-refractivity contribution in [1.29, 1.82) is 0 Å². The zero-order valence-electron chi connectivity index (χ0n) is 15.9. The van der Waals surface area contributed by atoms with Crippen LogP contribution < -0.4 is 9.47 Å². The maximum Gasteiger partial charge on any atom is 0.237 e. The largest absolute Gasteiger partial charge is 0.463 e. The van der Waals surface area contributed by atoms with Gasteiger partial charge in [0.05, 0.1) is 30.4 Å². The SMILES string of the molecule is C=COC(C)Oc1c(Br)cc(Cc2cc(Br)c(OC(C)OC=C)c(Br)c2)cc1Br. The van der Waals surface area contributed by atoms with Gasteiger partial charge in [-0.1, -0.05) is 13.2 Å². The van der Waals surface area contributed by atoms with Crippen molar-refractivity contribution < 1.29 is 18.9 Å². The maximum atomic E-state index is 5.79. The van der Waals surface area contributed by atoms with Crippen LogP contribution in [0.2, 0.25) is 0 Å². The van der Waals surface area contributed by atoms with E-state index in [1.54, 1.807) is 13.8 Å². The average molecular weight is 656 g/mol. The van der Waals surface area contributed by atoms with Crippen LogP contribution in [0.5, 0.6) is 11.5 Å². The molecule has 0 heterocycles. The van der Waals surface area contributed by atoms with Gasteiger partial charge in [-0.3, -0.25) is 0 Å². The molecular weight excluding hydrogens is 636 g/mol. The Morgan fingerprint density at radius 1 is 0.724 bits per heavy atom. The molecule has 2 rings (SSSR count). The van der Waals surface area contributed by atoms with E-state index in [1.165, 1.54) is 12.5 Å². The first-order valence-electron chi connectivity index (χ1n) is 8.57. The van der Waals surface area contributed by atoms with Crippen molar-refractivity contribution in [2.75, 3.05) is 0 Å². The second-order valence-corrected chi connectivity index (χ2v) is 9.35. The third-order valence-corrected chi connectivity index (χ3v) is 6.02. The minimum Gasteiger partial charge on any atom is -0.463 e. The van der Waals surface area contributed by atoms with Gasteiger partial charge in [0.25, 0.3) is 0 Å². The third kappa shape index (κ3) is 7.05. The highest BCUT2D eigenvalue weighted by molar-refractivity contribution is 9.11. The second-order valence-electron chi connectivity index (χ2n) is 5.93. The van der Waals surface area contributed by atoms with Gasteiger partial charge in [0.2, 0.25) is 12.6 Å². The van der Waals surface area contributed by atoms with E-state index < -0.39 is 12.6 Å². The Morgan fingerprint density at radius 3 is 1.31 bits per heavy atom. The number of benzene rings is 2. The number of hydrogen-bond acceptors (Lipinski definition) is 4. The lowest BCUT2D eigenvalue weighted by atomic mass is 10.0. The molecule has 156 valence electrons. The van der Waals surface area contributed by atoms with Crippen molar-refractivity contribution in [2.24, 2.45) is 0 Å². The highest BCUT2D eigenvalue weighted by atomic mass is 79.9. The molecule has 0 aliphatic carbocycles. The van der Waals surface area contributed by atoms with Gasteiger partial charge in [-0.2, -0.15) is 0 Å². The molecule has 29 heavy (non-hydrogen) atoms. The summed E-state index contributed by atoms with van der Waals surface area (Å²) in [5.74, 6) is 1.34. The summed E-state index contributed by atoms with van der Waals surface area (Å²) < 4.78 is 25.4. The first-order valence-corrected chi connectivity index (χ1v) is 11.7. The highest BCUT2D eigenvalue weighted by Gasteiger charge is 2.15. The van der Waals surface area contributed by atoms with Crippen LogP contribution >= 0.6 is 63.7 Å². The molecule has 2 aromatic rings. The van der Waals surface area contributed by atoms with E-state index in [0.717, 1.165) is 29.0 Å². The molecule has 0 saturated heterocycles. The lowest BCUT2D eigenvalue weighted by Gasteiger charge is -2.18. The predicted molar refractivity (Wildman–Crippen MR) is 129 cm³/mol. The van der Waals surface area contributed by atoms with Crippen molar-refractivity contribution in [3.8, 4) is 11.5 Å². The fraction of sp³-hybridized carbons (Fsp3) is 0.238. The molecule has 0 spiro atoms. The van der Waals surface area contributed by atoms with E-state index in [9.17, 15) is 0 Å². The zero-order chi connectivity index (χ0) is 21.6. The summed E-state index contributed by atoms with van der Waals surface area (Å²) in [7, 11) is 0. The van der Waals surface area contributed by atoms with Gasteiger partial charge in [0.15, 0.2) is 11.5 Å². The lowest BCUT2D eigenvalue weighted by molar-refractivity contribution is -0.0145. The van der Waals surface area contributed by atoms with Gasteiger partial charge in [0.1, 0.15) is 0 Å². The van der Waals surface area contributed by atoms with Crippen molar-refractivity contribution in [3.63, 3.8) is 0 Å². The van der Waals surface area contributed by atoms with Gasteiger partial charge >= 0.3 is 0 Å². The van der Waals surface area contributed by atoms with Crippen LogP contribution in [-0.4, -0.2) is 12.6 Å². The van der Waals surface area contributed by atoms with Crippen LogP contribution in [-0.2, 0) is 15.9 Å². The predicted octanol–water partition coefficient (Wildman–Crippen LogP) is 8.10. The minimum absolute atomic E-state index is 0.446. The van der Waals surface area contributed by atoms with Gasteiger partial charge in [0, 0.05) is 13.8 Å². The fourth-order valence-electron chi connectivity index (χ4n) is 2.55. The summed E-state index contributed by atoms with van der Waals surface area (Å²) in [5.41, 5.74) is 2.20. The van der Waals surface area contributed by atoms with Crippen molar-refractivity contribution in [3.05, 3.63) is 79.0 Å². The fourth-order valence-corrected chi connectivity index (χ4v) is 5.48. The van der Waals surface area contributed by atoms with Crippen LogP contribution in [0.25, 0.3) is 0 Å². The molecule has 0 aliphatic heterocycles. The summed E-state index contributed by atoms with van der Waals surface area (Å²) in [6.45, 7) is 10.7. The minimum atomic E-state index is -0.446. The summed E-state index contributed by atoms with van der Waals surface area (Å²) >= 11 is 14.3. The summed E-state index contributed by atoms with van der Waals surface area (Å²) in [6, 6.07) is 8.08. The second kappa shape index (κ2) is 11.4. The Morgan fingerprint density at radius 2 is 1.03 bits per heavy atom. The molecule has 2 aromatic carbocycles. The van der Waals surface area contributed by atoms with Crippen LogP contribution in [0.15, 0.2) is 67.8 Å². The first-order chi connectivity index (χ1) is 13.7. The van der Waals surface area contributed by atoms with Gasteiger partial charge in [-0.15, -0.1) is 0 Å².